The van der Waals surface area contributed by atoms with Gasteiger partial charge in [-0.15, -0.1) is 0 Å². The fourth-order valence-electron chi connectivity index (χ4n) is 4.22. The number of rotatable bonds is 5. The molecule has 0 unspecified atom stereocenters. The molecule has 30 heavy (non-hydrogen) atoms. The standard InChI is InChI=1S/C22H24BrFN2O3S/c23-21-7-5-19(24)12-18(21)14-25-22(27)16-8-10-26(11-9-16)30(28,29)20-6-4-15-2-1-3-17(15)13-20/h4-7,12-13,16H,1-3,8-11,14H2,(H,25,27). The van der Waals surface area contributed by atoms with Crippen molar-refractivity contribution >= 4 is 31.9 Å². The minimum Gasteiger partial charge on any atom is -0.352 e. The molecule has 1 heterocycles. The summed E-state index contributed by atoms with van der Waals surface area (Å²) in [5, 5.41) is 2.85. The molecule has 2 aromatic carbocycles. The lowest BCUT2D eigenvalue weighted by molar-refractivity contribution is -0.126. The van der Waals surface area contributed by atoms with Crippen LogP contribution in [0.3, 0.4) is 0 Å². The van der Waals surface area contributed by atoms with Crippen LogP contribution in [0.4, 0.5) is 4.39 Å². The molecule has 1 N–H and O–H groups in total. The number of sulfonamides is 1. The summed E-state index contributed by atoms with van der Waals surface area (Å²) in [6.07, 6.45) is 3.97. The molecule has 2 aromatic rings. The first-order valence-corrected chi connectivity index (χ1v) is 12.4. The summed E-state index contributed by atoms with van der Waals surface area (Å²) < 4.78 is 41.7. The Morgan fingerprint density at radius 2 is 1.83 bits per heavy atom. The van der Waals surface area contributed by atoms with Crippen LogP contribution in [0.5, 0.6) is 0 Å². The Hall–Kier alpha value is -1.77. The van der Waals surface area contributed by atoms with Gasteiger partial charge in [0, 0.05) is 30.0 Å². The van der Waals surface area contributed by atoms with Crippen LogP contribution in [-0.2, 0) is 34.2 Å². The first-order chi connectivity index (χ1) is 14.3. The first kappa shape index (κ1) is 21.5. The topological polar surface area (TPSA) is 66.5 Å². The molecular weight excluding hydrogens is 471 g/mol. The van der Waals surface area contributed by atoms with Crippen molar-refractivity contribution in [3.8, 4) is 0 Å². The number of amides is 1. The van der Waals surface area contributed by atoms with Gasteiger partial charge in [-0.1, -0.05) is 22.0 Å². The van der Waals surface area contributed by atoms with Crippen molar-refractivity contribution in [2.75, 3.05) is 13.1 Å². The smallest absolute Gasteiger partial charge is 0.243 e. The number of hydrogen-bond donors (Lipinski definition) is 1. The van der Waals surface area contributed by atoms with Gasteiger partial charge >= 0.3 is 0 Å². The number of benzene rings is 2. The lowest BCUT2D eigenvalue weighted by Crippen LogP contribution is -2.42. The first-order valence-electron chi connectivity index (χ1n) is 10.2. The molecule has 1 fully saturated rings. The van der Waals surface area contributed by atoms with Crippen molar-refractivity contribution in [2.24, 2.45) is 5.92 Å². The second kappa shape index (κ2) is 8.77. The van der Waals surface area contributed by atoms with Crippen molar-refractivity contribution in [3.63, 3.8) is 0 Å². The zero-order chi connectivity index (χ0) is 21.3. The molecule has 1 saturated heterocycles. The average Bonchev–Trinajstić information content (AvgIpc) is 3.22. The molecule has 2 aliphatic rings. The largest absolute Gasteiger partial charge is 0.352 e. The summed E-state index contributed by atoms with van der Waals surface area (Å²) in [7, 11) is -3.54. The lowest BCUT2D eigenvalue weighted by atomic mass is 9.97. The molecule has 1 amide bonds. The zero-order valence-electron chi connectivity index (χ0n) is 16.5. The van der Waals surface area contributed by atoms with Gasteiger partial charge in [-0.3, -0.25) is 4.79 Å². The number of carbonyl (C=O) groups excluding carboxylic acids is 1. The van der Waals surface area contributed by atoms with Gasteiger partial charge in [-0.2, -0.15) is 4.31 Å². The van der Waals surface area contributed by atoms with Crippen LogP contribution >= 0.6 is 15.9 Å². The van der Waals surface area contributed by atoms with Crippen molar-refractivity contribution in [1.29, 1.82) is 0 Å². The Labute approximate surface area is 184 Å². The SMILES string of the molecule is O=C(NCc1cc(F)ccc1Br)C1CCN(S(=O)(=O)c2ccc3c(c2)CCC3)CC1. The number of nitrogens with one attached hydrogen (secondary N) is 1. The Bertz CT molecular complexity index is 1070. The number of halogens is 2. The maximum absolute atomic E-state index is 13.4. The third-order valence-corrected chi connectivity index (χ3v) is 8.66. The highest BCUT2D eigenvalue weighted by atomic mass is 79.9. The van der Waals surface area contributed by atoms with Crippen LogP contribution < -0.4 is 5.32 Å². The van der Waals surface area contributed by atoms with E-state index in [1.807, 2.05) is 12.1 Å². The highest BCUT2D eigenvalue weighted by molar-refractivity contribution is 9.10. The quantitative estimate of drug-likeness (QED) is 0.687. The molecule has 0 bridgehead atoms. The van der Waals surface area contributed by atoms with E-state index >= 15 is 0 Å². The lowest BCUT2D eigenvalue weighted by Gasteiger charge is -2.30. The maximum atomic E-state index is 13.4. The minimum absolute atomic E-state index is 0.124. The van der Waals surface area contributed by atoms with Gasteiger partial charge in [-0.05, 0) is 79.1 Å². The highest BCUT2D eigenvalue weighted by Gasteiger charge is 2.32. The summed E-state index contributed by atoms with van der Waals surface area (Å²) >= 11 is 3.36. The van der Waals surface area contributed by atoms with Crippen molar-refractivity contribution < 1.29 is 17.6 Å². The van der Waals surface area contributed by atoms with E-state index in [1.165, 1.54) is 22.0 Å². The number of nitrogens with zero attached hydrogens (tertiary/aromatic N) is 1. The summed E-state index contributed by atoms with van der Waals surface area (Å²) in [5.41, 5.74) is 3.04. The van der Waals surface area contributed by atoms with Gasteiger partial charge in [0.25, 0.3) is 0 Å². The van der Waals surface area contributed by atoms with Crippen molar-refractivity contribution in [1.82, 2.24) is 9.62 Å². The normalized spacial score (nSPS) is 17.7. The summed E-state index contributed by atoms with van der Waals surface area (Å²) in [5.74, 6) is -0.725. The third-order valence-electron chi connectivity index (χ3n) is 5.99. The van der Waals surface area contributed by atoms with Crippen molar-refractivity contribution in [2.45, 2.75) is 43.5 Å². The zero-order valence-corrected chi connectivity index (χ0v) is 18.9. The van der Waals surface area contributed by atoms with E-state index in [4.69, 9.17) is 0 Å². The molecule has 0 saturated carbocycles. The average molecular weight is 495 g/mol. The third kappa shape index (κ3) is 4.45. The Kier molecular flexibility index (Phi) is 6.27. The number of carbonyl (C=O) groups is 1. The Balaban J connectivity index is 1.35. The molecule has 5 nitrogen and oxygen atoms in total. The Morgan fingerprint density at radius 3 is 2.60 bits per heavy atom. The second-order valence-corrected chi connectivity index (χ2v) is 10.7. The molecule has 4 rings (SSSR count). The van der Waals surface area contributed by atoms with E-state index in [0.29, 0.717) is 36.4 Å². The number of aryl methyl sites for hydroxylation is 2. The van der Waals surface area contributed by atoms with Crippen LogP contribution in [-0.4, -0.2) is 31.7 Å². The van der Waals surface area contributed by atoms with Crippen molar-refractivity contribution in [3.05, 3.63) is 63.4 Å². The van der Waals surface area contributed by atoms with Gasteiger partial charge in [0.2, 0.25) is 15.9 Å². The molecule has 8 heteroatoms. The summed E-state index contributed by atoms with van der Waals surface area (Å²) in [4.78, 5) is 12.9. The molecule has 0 atom stereocenters. The highest BCUT2D eigenvalue weighted by Crippen LogP contribution is 2.28. The molecule has 0 radical (unpaired) electrons. The van der Waals surface area contributed by atoms with E-state index in [2.05, 4.69) is 21.2 Å². The molecular formula is C22H24BrFN2O3S. The number of piperidine rings is 1. The van der Waals surface area contributed by atoms with Gasteiger partial charge in [0.15, 0.2) is 0 Å². The summed E-state index contributed by atoms with van der Waals surface area (Å²) in [6.45, 7) is 0.868. The van der Waals surface area contributed by atoms with Gasteiger partial charge in [0.05, 0.1) is 4.90 Å². The predicted octanol–water partition coefficient (Wildman–Crippen LogP) is 3.79. The van der Waals surface area contributed by atoms with E-state index < -0.39 is 10.0 Å². The van der Waals surface area contributed by atoms with Crippen LogP contribution in [0.15, 0.2) is 45.8 Å². The van der Waals surface area contributed by atoms with Crippen LogP contribution in [0, 0.1) is 11.7 Å². The summed E-state index contributed by atoms with van der Waals surface area (Å²) in [6, 6.07) is 9.80. The van der Waals surface area contributed by atoms with Gasteiger partial charge < -0.3 is 5.32 Å². The van der Waals surface area contributed by atoms with E-state index in [1.54, 1.807) is 12.1 Å². The molecule has 1 aliphatic heterocycles. The molecule has 0 aromatic heterocycles. The number of fused-ring (bicyclic) bond motifs is 1. The van der Waals surface area contributed by atoms with E-state index in [-0.39, 0.29) is 24.2 Å². The monoisotopic (exact) mass is 494 g/mol. The second-order valence-electron chi connectivity index (χ2n) is 7.92. The minimum atomic E-state index is -3.54. The van der Waals surface area contributed by atoms with E-state index in [0.717, 1.165) is 29.3 Å². The predicted molar refractivity (Wildman–Crippen MR) is 116 cm³/mol. The maximum Gasteiger partial charge on any atom is 0.243 e. The molecule has 1 aliphatic carbocycles. The van der Waals surface area contributed by atoms with Gasteiger partial charge in [0.1, 0.15) is 5.82 Å². The molecule has 0 spiro atoms. The van der Waals surface area contributed by atoms with E-state index in [9.17, 15) is 17.6 Å². The molecule has 160 valence electrons. The van der Waals surface area contributed by atoms with Crippen LogP contribution in [0.2, 0.25) is 0 Å². The fraction of sp³-hybridized carbons (Fsp3) is 0.409. The number of hydrogen-bond acceptors (Lipinski definition) is 3. The van der Waals surface area contributed by atoms with Crippen LogP contribution in [0.25, 0.3) is 0 Å². The van der Waals surface area contributed by atoms with Crippen LogP contribution in [0.1, 0.15) is 36.0 Å². The fourth-order valence-corrected chi connectivity index (χ4v) is 6.13. The Morgan fingerprint density at radius 1 is 1.10 bits per heavy atom. The van der Waals surface area contributed by atoms with Gasteiger partial charge in [-0.25, -0.2) is 12.8 Å².